The Hall–Kier alpha value is -1.56. The van der Waals surface area contributed by atoms with Crippen LogP contribution < -0.4 is 10.6 Å². The molecule has 1 aromatic heterocycles. The van der Waals surface area contributed by atoms with Gasteiger partial charge in [-0.15, -0.1) is 0 Å². The molecule has 0 bridgehead atoms. The first-order valence-corrected chi connectivity index (χ1v) is 7.87. The van der Waals surface area contributed by atoms with Crippen LogP contribution in [0.4, 0.5) is 10.6 Å². The highest BCUT2D eigenvalue weighted by Gasteiger charge is 2.22. The summed E-state index contributed by atoms with van der Waals surface area (Å²) in [5.74, 6) is 1.25. The molecular formula is C15H26N4O2. The van der Waals surface area contributed by atoms with Crippen LogP contribution in [-0.2, 0) is 11.3 Å². The number of nitrogens with one attached hydrogen (secondary N) is 2. The number of aryl methyl sites for hydroxylation is 1. The van der Waals surface area contributed by atoms with E-state index in [1.165, 1.54) is 0 Å². The number of urea groups is 1. The third-order valence-electron chi connectivity index (χ3n) is 4.01. The number of rotatable bonds is 6. The molecule has 0 aromatic carbocycles. The lowest BCUT2D eigenvalue weighted by Gasteiger charge is -2.28. The van der Waals surface area contributed by atoms with Gasteiger partial charge in [0, 0.05) is 31.9 Å². The predicted molar refractivity (Wildman–Crippen MR) is 82.3 cm³/mol. The van der Waals surface area contributed by atoms with Gasteiger partial charge in [-0.3, -0.25) is 5.32 Å². The SMILES string of the molecule is CCCCn1nccc1NC(=O)N[C@H](C)C1CCOCC1. The number of nitrogens with zero attached hydrogens (tertiary/aromatic N) is 2. The van der Waals surface area contributed by atoms with Crippen LogP contribution in [0.15, 0.2) is 12.3 Å². The standard InChI is InChI=1S/C15H26N4O2/c1-3-4-9-19-14(5-8-16-19)18-15(20)17-12(2)13-6-10-21-11-7-13/h5,8,12-13H,3-4,6-7,9-11H2,1-2H3,(H2,17,18,20)/t12-/m1/s1. The lowest BCUT2D eigenvalue weighted by atomic mass is 9.93. The van der Waals surface area contributed by atoms with Crippen LogP contribution in [0.25, 0.3) is 0 Å². The zero-order valence-corrected chi connectivity index (χ0v) is 13.0. The van der Waals surface area contributed by atoms with Crippen molar-refractivity contribution in [3.8, 4) is 0 Å². The van der Waals surface area contributed by atoms with E-state index in [0.29, 0.717) is 5.92 Å². The smallest absolute Gasteiger partial charge is 0.320 e. The van der Waals surface area contributed by atoms with Crippen molar-refractivity contribution >= 4 is 11.8 Å². The quantitative estimate of drug-likeness (QED) is 0.847. The monoisotopic (exact) mass is 294 g/mol. The van der Waals surface area contributed by atoms with Crippen LogP contribution in [0.3, 0.4) is 0 Å². The molecule has 2 heterocycles. The number of unbranched alkanes of at least 4 members (excludes halogenated alkanes) is 1. The molecule has 21 heavy (non-hydrogen) atoms. The van der Waals surface area contributed by atoms with Gasteiger partial charge < -0.3 is 10.1 Å². The second-order valence-corrected chi connectivity index (χ2v) is 5.63. The summed E-state index contributed by atoms with van der Waals surface area (Å²) in [7, 11) is 0. The Balaban J connectivity index is 1.82. The molecule has 1 fully saturated rings. The normalized spacial score (nSPS) is 17.4. The van der Waals surface area contributed by atoms with Gasteiger partial charge in [0.05, 0.1) is 6.20 Å². The summed E-state index contributed by atoms with van der Waals surface area (Å²) in [5, 5.41) is 10.1. The molecule has 0 saturated carbocycles. The fraction of sp³-hybridized carbons (Fsp3) is 0.733. The van der Waals surface area contributed by atoms with E-state index >= 15 is 0 Å². The van der Waals surface area contributed by atoms with Crippen molar-refractivity contribution in [3.05, 3.63) is 12.3 Å². The fourth-order valence-corrected chi connectivity index (χ4v) is 2.62. The summed E-state index contributed by atoms with van der Waals surface area (Å²) < 4.78 is 7.19. The Bertz CT molecular complexity index is 441. The fourth-order valence-electron chi connectivity index (χ4n) is 2.62. The molecule has 1 aliphatic heterocycles. The van der Waals surface area contributed by atoms with Crippen molar-refractivity contribution in [3.63, 3.8) is 0 Å². The van der Waals surface area contributed by atoms with Crippen molar-refractivity contribution in [2.75, 3.05) is 18.5 Å². The maximum Gasteiger partial charge on any atom is 0.320 e. The number of carbonyl (C=O) groups is 1. The topological polar surface area (TPSA) is 68.2 Å². The largest absolute Gasteiger partial charge is 0.381 e. The van der Waals surface area contributed by atoms with Gasteiger partial charge in [0.2, 0.25) is 0 Å². The van der Waals surface area contributed by atoms with E-state index < -0.39 is 0 Å². The molecule has 0 aliphatic carbocycles. The third-order valence-corrected chi connectivity index (χ3v) is 4.01. The molecule has 0 unspecified atom stereocenters. The van der Waals surface area contributed by atoms with Gasteiger partial charge in [-0.05, 0) is 32.1 Å². The van der Waals surface area contributed by atoms with E-state index in [-0.39, 0.29) is 12.1 Å². The molecule has 2 N–H and O–H groups in total. The van der Waals surface area contributed by atoms with Gasteiger partial charge in [-0.25, -0.2) is 9.48 Å². The van der Waals surface area contributed by atoms with Crippen LogP contribution >= 0.6 is 0 Å². The minimum atomic E-state index is -0.160. The Morgan fingerprint density at radius 2 is 2.29 bits per heavy atom. The zero-order valence-electron chi connectivity index (χ0n) is 13.0. The average molecular weight is 294 g/mol. The first kappa shape index (κ1) is 15.8. The summed E-state index contributed by atoms with van der Waals surface area (Å²) in [6.07, 6.45) is 5.89. The highest BCUT2D eigenvalue weighted by molar-refractivity contribution is 5.88. The molecule has 6 heteroatoms. The van der Waals surface area contributed by atoms with Gasteiger partial charge >= 0.3 is 6.03 Å². The minimum absolute atomic E-state index is 0.154. The van der Waals surface area contributed by atoms with Crippen LogP contribution in [0.2, 0.25) is 0 Å². The van der Waals surface area contributed by atoms with Gasteiger partial charge in [-0.2, -0.15) is 5.10 Å². The van der Waals surface area contributed by atoms with Crippen LogP contribution in [0.1, 0.15) is 39.5 Å². The van der Waals surface area contributed by atoms with E-state index in [4.69, 9.17) is 4.74 Å². The summed E-state index contributed by atoms with van der Waals surface area (Å²) in [5.41, 5.74) is 0. The van der Waals surface area contributed by atoms with E-state index in [1.807, 2.05) is 10.7 Å². The highest BCUT2D eigenvalue weighted by atomic mass is 16.5. The van der Waals surface area contributed by atoms with Gasteiger partial charge in [0.15, 0.2) is 0 Å². The molecule has 1 aromatic rings. The predicted octanol–water partition coefficient (Wildman–Crippen LogP) is 2.62. The highest BCUT2D eigenvalue weighted by Crippen LogP contribution is 2.18. The molecule has 0 radical (unpaired) electrons. The number of ether oxygens (including phenoxy) is 1. The summed E-state index contributed by atoms with van der Waals surface area (Å²) >= 11 is 0. The van der Waals surface area contributed by atoms with Crippen LogP contribution in [0.5, 0.6) is 0 Å². The van der Waals surface area contributed by atoms with Crippen molar-refractivity contribution in [2.24, 2.45) is 5.92 Å². The molecule has 1 saturated heterocycles. The van der Waals surface area contributed by atoms with Crippen molar-refractivity contribution in [1.82, 2.24) is 15.1 Å². The van der Waals surface area contributed by atoms with Crippen LogP contribution in [-0.4, -0.2) is 35.1 Å². The maximum atomic E-state index is 12.1. The van der Waals surface area contributed by atoms with Crippen molar-refractivity contribution < 1.29 is 9.53 Å². The first-order valence-electron chi connectivity index (χ1n) is 7.87. The number of hydrogen-bond acceptors (Lipinski definition) is 3. The second kappa shape index (κ2) is 8.02. The minimum Gasteiger partial charge on any atom is -0.381 e. The molecule has 2 rings (SSSR count). The van der Waals surface area contributed by atoms with E-state index in [9.17, 15) is 4.79 Å². The van der Waals surface area contributed by atoms with Gasteiger partial charge in [-0.1, -0.05) is 13.3 Å². The maximum absolute atomic E-state index is 12.1. The Morgan fingerprint density at radius 1 is 1.52 bits per heavy atom. The lowest BCUT2D eigenvalue weighted by molar-refractivity contribution is 0.0573. The van der Waals surface area contributed by atoms with Crippen molar-refractivity contribution in [2.45, 2.75) is 52.1 Å². The second-order valence-electron chi connectivity index (χ2n) is 5.63. The average Bonchev–Trinajstić information content (AvgIpc) is 2.93. The molecular weight excluding hydrogens is 268 g/mol. The Labute approximate surface area is 126 Å². The van der Waals surface area contributed by atoms with E-state index in [0.717, 1.165) is 51.3 Å². The Morgan fingerprint density at radius 3 is 3.00 bits per heavy atom. The van der Waals surface area contributed by atoms with Crippen molar-refractivity contribution in [1.29, 1.82) is 0 Å². The summed E-state index contributed by atoms with van der Waals surface area (Å²) in [6, 6.07) is 1.82. The summed E-state index contributed by atoms with van der Waals surface area (Å²) in [6.45, 7) is 6.61. The third kappa shape index (κ3) is 4.74. The molecule has 118 valence electrons. The number of anilines is 1. The van der Waals surface area contributed by atoms with Gasteiger partial charge in [0.25, 0.3) is 0 Å². The lowest BCUT2D eigenvalue weighted by Crippen LogP contribution is -2.42. The number of carbonyl (C=O) groups excluding carboxylic acids is 1. The molecule has 2 amide bonds. The molecule has 0 spiro atoms. The van der Waals surface area contributed by atoms with Crippen LogP contribution in [0, 0.1) is 5.92 Å². The first-order chi connectivity index (χ1) is 10.2. The number of hydrogen-bond donors (Lipinski definition) is 2. The zero-order chi connectivity index (χ0) is 15.1. The molecule has 1 aliphatic rings. The summed E-state index contributed by atoms with van der Waals surface area (Å²) in [4.78, 5) is 12.1. The van der Waals surface area contributed by atoms with E-state index in [2.05, 4.69) is 29.6 Å². The van der Waals surface area contributed by atoms with E-state index in [1.54, 1.807) is 6.20 Å². The number of aromatic nitrogens is 2. The van der Waals surface area contributed by atoms with Gasteiger partial charge in [0.1, 0.15) is 5.82 Å². The molecule has 1 atom stereocenters. The number of amides is 2. The Kier molecular flexibility index (Phi) is 6.04. The molecule has 6 nitrogen and oxygen atoms in total.